The van der Waals surface area contributed by atoms with Gasteiger partial charge >= 0.3 is 0 Å². The van der Waals surface area contributed by atoms with Crippen molar-refractivity contribution in [2.75, 3.05) is 23.8 Å². The number of nitrogens with zero attached hydrogens (tertiary/aromatic N) is 5. The minimum atomic E-state index is 0.314. The number of rotatable bonds is 5. The van der Waals surface area contributed by atoms with Crippen molar-refractivity contribution in [2.24, 2.45) is 0 Å². The Morgan fingerprint density at radius 2 is 2.07 bits per heavy atom. The molecule has 30 heavy (non-hydrogen) atoms. The number of nitrogen functional groups attached to an aromatic ring is 1. The van der Waals surface area contributed by atoms with Gasteiger partial charge < -0.3 is 20.1 Å². The normalized spacial score (nSPS) is 22.5. The van der Waals surface area contributed by atoms with E-state index in [1.807, 2.05) is 24.3 Å². The van der Waals surface area contributed by atoms with Crippen LogP contribution in [0.5, 0.6) is 11.6 Å². The van der Waals surface area contributed by atoms with Crippen LogP contribution in [0, 0.1) is 0 Å². The van der Waals surface area contributed by atoms with Crippen LogP contribution < -0.4 is 15.4 Å². The van der Waals surface area contributed by atoms with Crippen LogP contribution in [0.2, 0.25) is 0 Å². The van der Waals surface area contributed by atoms with Crippen molar-refractivity contribution < 1.29 is 9.47 Å². The van der Waals surface area contributed by atoms with Gasteiger partial charge in [-0.1, -0.05) is 6.07 Å². The Labute approximate surface area is 174 Å². The third kappa shape index (κ3) is 3.23. The van der Waals surface area contributed by atoms with Gasteiger partial charge in [-0.3, -0.25) is 0 Å². The fourth-order valence-electron chi connectivity index (χ4n) is 4.15. The molecule has 8 heteroatoms. The maximum atomic E-state index is 6.06. The smallest absolute Gasteiger partial charge is 0.219 e. The number of hydrogen-bond acceptors (Lipinski definition) is 8. The van der Waals surface area contributed by atoms with Crippen LogP contribution in [-0.2, 0) is 4.74 Å². The Kier molecular flexibility index (Phi) is 4.05. The van der Waals surface area contributed by atoms with Gasteiger partial charge in [0.2, 0.25) is 5.88 Å². The summed E-state index contributed by atoms with van der Waals surface area (Å²) in [4.78, 5) is 20.7. The molecule has 5 heterocycles. The molecule has 2 N–H and O–H groups in total. The van der Waals surface area contributed by atoms with Gasteiger partial charge in [-0.15, -0.1) is 0 Å². The molecule has 1 saturated carbocycles. The summed E-state index contributed by atoms with van der Waals surface area (Å²) in [5.74, 6) is 3.59. The second-order valence-corrected chi connectivity index (χ2v) is 8.12. The first-order valence-corrected chi connectivity index (χ1v) is 10.3. The molecule has 0 unspecified atom stereocenters. The van der Waals surface area contributed by atoms with Gasteiger partial charge in [0.25, 0.3) is 0 Å². The number of anilines is 2. The van der Waals surface area contributed by atoms with E-state index in [0.29, 0.717) is 35.5 Å². The summed E-state index contributed by atoms with van der Waals surface area (Å²) in [5.41, 5.74) is 7.74. The number of pyridine rings is 2. The number of fused-ring (bicyclic) bond motifs is 2. The number of morpholine rings is 1. The molecule has 0 aromatic carbocycles. The lowest BCUT2D eigenvalue weighted by Gasteiger charge is -2.28. The van der Waals surface area contributed by atoms with Crippen LogP contribution in [-0.4, -0.2) is 45.2 Å². The Morgan fingerprint density at radius 3 is 2.80 bits per heavy atom. The monoisotopic (exact) mass is 402 g/mol. The summed E-state index contributed by atoms with van der Waals surface area (Å²) in [6.07, 6.45) is 7.09. The van der Waals surface area contributed by atoms with E-state index in [2.05, 4.69) is 14.9 Å². The van der Waals surface area contributed by atoms with Gasteiger partial charge in [0, 0.05) is 42.6 Å². The zero-order valence-corrected chi connectivity index (χ0v) is 16.4. The average molecular weight is 402 g/mol. The van der Waals surface area contributed by atoms with Crippen molar-refractivity contribution in [3.63, 3.8) is 0 Å². The molecule has 2 aliphatic heterocycles. The van der Waals surface area contributed by atoms with Crippen molar-refractivity contribution in [3.05, 3.63) is 48.5 Å². The van der Waals surface area contributed by atoms with Crippen molar-refractivity contribution >= 4 is 11.6 Å². The van der Waals surface area contributed by atoms with Gasteiger partial charge in [-0.05, 0) is 31.4 Å². The van der Waals surface area contributed by atoms with Crippen LogP contribution in [0.1, 0.15) is 31.0 Å². The highest BCUT2D eigenvalue weighted by Gasteiger charge is 2.40. The van der Waals surface area contributed by atoms with E-state index in [0.717, 1.165) is 55.3 Å². The van der Waals surface area contributed by atoms with E-state index in [4.69, 9.17) is 25.2 Å². The molecule has 0 radical (unpaired) electrons. The first-order valence-electron chi connectivity index (χ1n) is 10.3. The van der Waals surface area contributed by atoms with Crippen LogP contribution >= 0.6 is 0 Å². The second-order valence-electron chi connectivity index (χ2n) is 8.12. The first-order chi connectivity index (χ1) is 14.7. The van der Waals surface area contributed by atoms with Gasteiger partial charge in [-0.2, -0.15) is 0 Å². The Bertz CT molecular complexity index is 1090. The molecule has 3 aromatic heterocycles. The van der Waals surface area contributed by atoms with E-state index in [-0.39, 0.29) is 0 Å². The zero-order chi connectivity index (χ0) is 20.1. The summed E-state index contributed by atoms with van der Waals surface area (Å²) in [6.45, 7) is 1.66. The molecule has 3 aliphatic rings. The standard InChI is InChI=1S/C22H22N6O2/c23-21-18(30-20-3-1-2-6-24-20)7-14(10-25-21)17-9-19(27-22(26-17)13-4-5-13)28-11-16-8-15(28)12-29-16/h1-3,6-7,9-10,13,15-16H,4-5,8,11-12H2,(H2,23,25)/t15-,16-/m0/s1. The molecule has 0 amide bonds. The third-order valence-corrected chi connectivity index (χ3v) is 5.90. The molecule has 0 spiro atoms. The lowest BCUT2D eigenvalue weighted by Crippen LogP contribution is -2.37. The highest BCUT2D eigenvalue weighted by atomic mass is 16.5. The summed E-state index contributed by atoms with van der Waals surface area (Å²) >= 11 is 0. The number of ether oxygens (including phenoxy) is 2. The highest BCUT2D eigenvalue weighted by molar-refractivity contribution is 5.67. The maximum absolute atomic E-state index is 6.06. The zero-order valence-electron chi connectivity index (χ0n) is 16.4. The van der Waals surface area contributed by atoms with Crippen LogP contribution in [0.3, 0.4) is 0 Å². The van der Waals surface area contributed by atoms with Crippen molar-refractivity contribution in [1.29, 1.82) is 0 Å². The topological polar surface area (TPSA) is 99.3 Å². The number of nitrogens with two attached hydrogens (primary N) is 1. The lowest BCUT2D eigenvalue weighted by atomic mass is 10.1. The van der Waals surface area contributed by atoms with Gasteiger partial charge in [0.05, 0.1) is 24.4 Å². The third-order valence-electron chi connectivity index (χ3n) is 5.90. The van der Waals surface area contributed by atoms with Crippen molar-refractivity contribution in [1.82, 2.24) is 19.9 Å². The summed E-state index contributed by atoms with van der Waals surface area (Å²) in [7, 11) is 0. The van der Waals surface area contributed by atoms with Gasteiger partial charge in [0.1, 0.15) is 11.6 Å². The molecule has 2 saturated heterocycles. The molecule has 3 aromatic rings. The minimum Gasteiger partial charge on any atom is -0.435 e. The average Bonchev–Trinajstić information content (AvgIpc) is 3.42. The Hall–Kier alpha value is -3.26. The fourth-order valence-corrected chi connectivity index (χ4v) is 4.15. The largest absolute Gasteiger partial charge is 0.435 e. The molecule has 6 rings (SSSR count). The van der Waals surface area contributed by atoms with E-state index in [1.54, 1.807) is 18.5 Å². The molecular weight excluding hydrogens is 380 g/mol. The van der Waals surface area contributed by atoms with Crippen LogP contribution in [0.25, 0.3) is 11.3 Å². The summed E-state index contributed by atoms with van der Waals surface area (Å²) < 4.78 is 11.6. The molecule has 152 valence electrons. The molecule has 2 atom stereocenters. The van der Waals surface area contributed by atoms with E-state index in [1.165, 1.54) is 0 Å². The van der Waals surface area contributed by atoms with Gasteiger partial charge in [-0.25, -0.2) is 19.9 Å². The lowest BCUT2D eigenvalue weighted by molar-refractivity contribution is 0.0989. The minimum absolute atomic E-state index is 0.314. The predicted molar refractivity (Wildman–Crippen MR) is 111 cm³/mol. The molecule has 8 nitrogen and oxygen atoms in total. The van der Waals surface area contributed by atoms with Gasteiger partial charge in [0.15, 0.2) is 11.6 Å². The summed E-state index contributed by atoms with van der Waals surface area (Å²) in [5, 5.41) is 0. The Morgan fingerprint density at radius 1 is 1.13 bits per heavy atom. The Balaban J connectivity index is 1.37. The first kappa shape index (κ1) is 17.6. The van der Waals surface area contributed by atoms with Crippen LogP contribution in [0.15, 0.2) is 42.7 Å². The fraction of sp³-hybridized carbons (Fsp3) is 0.364. The molecular formula is C22H22N6O2. The van der Waals surface area contributed by atoms with E-state index in [9.17, 15) is 0 Å². The van der Waals surface area contributed by atoms with E-state index < -0.39 is 0 Å². The maximum Gasteiger partial charge on any atom is 0.219 e. The quantitative estimate of drug-likeness (QED) is 0.695. The van der Waals surface area contributed by atoms with Crippen LogP contribution in [0.4, 0.5) is 11.6 Å². The predicted octanol–water partition coefficient (Wildman–Crippen LogP) is 3.16. The van der Waals surface area contributed by atoms with Crippen molar-refractivity contribution in [3.8, 4) is 22.9 Å². The number of hydrogen-bond donors (Lipinski definition) is 1. The number of aromatic nitrogens is 4. The molecule has 1 aliphatic carbocycles. The summed E-state index contributed by atoms with van der Waals surface area (Å²) in [6, 6.07) is 9.80. The second kappa shape index (κ2) is 6.91. The highest BCUT2D eigenvalue weighted by Crippen LogP contribution is 2.41. The SMILES string of the molecule is Nc1ncc(-c2cc(N3C[C@@H]4C[C@H]3CO4)nc(C3CC3)n2)cc1Oc1ccccn1. The molecule has 3 fully saturated rings. The van der Waals surface area contributed by atoms with E-state index >= 15 is 0 Å². The van der Waals surface area contributed by atoms with Crippen molar-refractivity contribution in [2.45, 2.75) is 37.3 Å². The molecule has 2 bridgehead atoms.